The first-order valence-corrected chi connectivity index (χ1v) is 13.2. The van der Waals surface area contributed by atoms with E-state index in [1.165, 1.54) is 11.3 Å². The molecule has 0 amide bonds. The van der Waals surface area contributed by atoms with Crippen molar-refractivity contribution in [3.63, 3.8) is 0 Å². The summed E-state index contributed by atoms with van der Waals surface area (Å²) < 4.78 is 13.1. The van der Waals surface area contributed by atoms with Crippen LogP contribution < -0.4 is 19.6 Å². The lowest BCUT2D eigenvalue weighted by Gasteiger charge is -2.26. The van der Waals surface area contributed by atoms with Gasteiger partial charge >= 0.3 is 5.97 Å². The number of thiophene rings is 1. The van der Waals surface area contributed by atoms with Gasteiger partial charge in [-0.25, -0.2) is 9.79 Å². The standard InChI is InChI=1S/C28H24N2O4S2/c1-4-34-27(32)23-24(18-9-6-5-7-10-18)29-28-30(25(23)19-11-8-12-20(15-19)33-3)26(31)22(36-28)16-21-17(2)13-14-35-21/h5-16,25H,4H2,1-3H3/b22-16-. The second-order valence-corrected chi connectivity index (χ2v) is 10.1. The third kappa shape index (κ3) is 4.34. The van der Waals surface area contributed by atoms with Crippen LogP contribution in [0.25, 0.3) is 11.8 Å². The predicted molar refractivity (Wildman–Crippen MR) is 143 cm³/mol. The van der Waals surface area contributed by atoms with Gasteiger partial charge in [-0.1, -0.05) is 53.8 Å². The number of carbonyl (C=O) groups is 1. The van der Waals surface area contributed by atoms with Crippen molar-refractivity contribution in [1.29, 1.82) is 0 Å². The van der Waals surface area contributed by atoms with Crippen LogP contribution in [0.15, 0.2) is 81.4 Å². The highest BCUT2D eigenvalue weighted by Crippen LogP contribution is 2.36. The van der Waals surface area contributed by atoms with Crippen molar-refractivity contribution in [2.45, 2.75) is 19.9 Å². The summed E-state index contributed by atoms with van der Waals surface area (Å²) in [4.78, 5) is 33.7. The van der Waals surface area contributed by atoms with Gasteiger partial charge in [-0.05, 0) is 54.6 Å². The lowest BCUT2D eigenvalue weighted by molar-refractivity contribution is -0.138. The van der Waals surface area contributed by atoms with Crippen molar-refractivity contribution < 1.29 is 14.3 Å². The Balaban J connectivity index is 1.85. The number of fused-ring (bicyclic) bond motifs is 1. The fourth-order valence-electron chi connectivity index (χ4n) is 4.22. The summed E-state index contributed by atoms with van der Waals surface area (Å²) >= 11 is 2.90. The number of aryl methyl sites for hydroxylation is 1. The average molecular weight is 517 g/mol. The zero-order chi connectivity index (χ0) is 25.2. The fourth-order valence-corrected chi connectivity index (χ4v) is 6.13. The molecule has 182 valence electrons. The molecule has 4 aromatic rings. The van der Waals surface area contributed by atoms with Gasteiger partial charge in [0.05, 0.1) is 35.6 Å². The van der Waals surface area contributed by atoms with Crippen molar-refractivity contribution in [2.24, 2.45) is 4.99 Å². The Bertz CT molecular complexity index is 1640. The quantitative estimate of drug-likeness (QED) is 0.358. The third-order valence-corrected chi connectivity index (χ3v) is 7.90. The van der Waals surface area contributed by atoms with Crippen molar-refractivity contribution >= 4 is 40.4 Å². The van der Waals surface area contributed by atoms with Crippen molar-refractivity contribution in [3.05, 3.63) is 113 Å². The summed E-state index contributed by atoms with van der Waals surface area (Å²) in [6.45, 7) is 3.99. The van der Waals surface area contributed by atoms with Gasteiger partial charge in [0.15, 0.2) is 4.80 Å². The number of methoxy groups -OCH3 is 1. The number of benzene rings is 2. The molecule has 2 aromatic heterocycles. The van der Waals surface area contributed by atoms with Gasteiger partial charge in [-0.3, -0.25) is 9.36 Å². The fraction of sp³-hybridized carbons (Fsp3) is 0.179. The normalized spacial score (nSPS) is 15.4. The lowest BCUT2D eigenvalue weighted by atomic mass is 9.93. The lowest BCUT2D eigenvalue weighted by Crippen LogP contribution is -2.40. The Morgan fingerprint density at radius 3 is 2.64 bits per heavy atom. The highest BCUT2D eigenvalue weighted by molar-refractivity contribution is 7.11. The highest BCUT2D eigenvalue weighted by Gasteiger charge is 2.35. The minimum atomic E-state index is -0.725. The highest BCUT2D eigenvalue weighted by atomic mass is 32.1. The Morgan fingerprint density at radius 2 is 1.94 bits per heavy atom. The van der Waals surface area contributed by atoms with Gasteiger partial charge in [0.2, 0.25) is 0 Å². The number of hydrogen-bond donors (Lipinski definition) is 0. The molecular weight excluding hydrogens is 492 g/mol. The zero-order valence-corrected chi connectivity index (χ0v) is 21.7. The molecule has 0 radical (unpaired) electrons. The summed E-state index contributed by atoms with van der Waals surface area (Å²) in [5.41, 5.74) is 3.24. The summed E-state index contributed by atoms with van der Waals surface area (Å²) in [5.74, 6) is 0.126. The molecule has 1 aliphatic rings. The van der Waals surface area contributed by atoms with E-state index in [1.54, 1.807) is 29.9 Å². The largest absolute Gasteiger partial charge is 0.497 e. The molecule has 6 nitrogen and oxygen atoms in total. The van der Waals surface area contributed by atoms with Crippen molar-refractivity contribution in [1.82, 2.24) is 4.57 Å². The van der Waals surface area contributed by atoms with Crippen LogP contribution in [0.4, 0.5) is 0 Å². The second kappa shape index (κ2) is 10.1. The Morgan fingerprint density at radius 1 is 1.14 bits per heavy atom. The molecule has 0 saturated carbocycles. The molecular formula is C28H24N2O4S2. The number of rotatable bonds is 6. The van der Waals surface area contributed by atoms with Gasteiger partial charge in [-0.2, -0.15) is 0 Å². The molecule has 0 N–H and O–H groups in total. The maximum absolute atomic E-state index is 13.8. The van der Waals surface area contributed by atoms with E-state index in [0.29, 0.717) is 26.4 Å². The summed E-state index contributed by atoms with van der Waals surface area (Å²) in [6.07, 6.45) is 1.91. The Hall–Kier alpha value is -3.75. The molecule has 36 heavy (non-hydrogen) atoms. The van der Waals surface area contributed by atoms with Crippen LogP contribution in [0, 0.1) is 6.92 Å². The van der Waals surface area contributed by atoms with Crippen LogP contribution in [0.5, 0.6) is 5.75 Å². The van der Waals surface area contributed by atoms with Crippen LogP contribution in [-0.4, -0.2) is 24.3 Å². The van der Waals surface area contributed by atoms with Gasteiger partial charge in [0, 0.05) is 10.4 Å². The van der Waals surface area contributed by atoms with Gasteiger partial charge < -0.3 is 9.47 Å². The molecule has 0 fully saturated rings. The topological polar surface area (TPSA) is 69.9 Å². The number of ether oxygens (including phenoxy) is 2. The maximum Gasteiger partial charge on any atom is 0.338 e. The molecule has 5 rings (SSSR count). The number of carbonyl (C=O) groups excluding carboxylic acids is 1. The van der Waals surface area contributed by atoms with Gasteiger partial charge in [0.25, 0.3) is 5.56 Å². The minimum absolute atomic E-state index is 0.201. The summed E-state index contributed by atoms with van der Waals surface area (Å²) in [7, 11) is 1.59. The van der Waals surface area contributed by atoms with E-state index < -0.39 is 12.0 Å². The molecule has 1 unspecified atom stereocenters. The Labute approximate surface area is 216 Å². The molecule has 3 heterocycles. The molecule has 0 aliphatic carbocycles. The van der Waals surface area contributed by atoms with E-state index in [-0.39, 0.29) is 12.2 Å². The number of aromatic nitrogens is 1. The second-order valence-electron chi connectivity index (χ2n) is 8.18. The molecule has 1 aliphatic heterocycles. The van der Waals surface area contributed by atoms with Crippen LogP contribution in [0.1, 0.15) is 34.5 Å². The SMILES string of the molecule is CCOC(=O)C1=C(c2ccccc2)N=c2s/c(=C\c3sccc3C)c(=O)n2C1c1cccc(OC)c1. The molecule has 0 bridgehead atoms. The monoisotopic (exact) mass is 516 g/mol. The number of esters is 1. The van der Waals surface area contributed by atoms with Crippen molar-refractivity contribution in [3.8, 4) is 5.75 Å². The first-order chi connectivity index (χ1) is 17.5. The summed E-state index contributed by atoms with van der Waals surface area (Å²) in [5, 5.41) is 2.00. The number of nitrogens with zero attached hydrogens (tertiary/aromatic N) is 2. The van der Waals surface area contributed by atoms with Crippen LogP contribution in [0.2, 0.25) is 0 Å². The van der Waals surface area contributed by atoms with Gasteiger partial charge in [0.1, 0.15) is 5.75 Å². The maximum atomic E-state index is 13.8. The first-order valence-electron chi connectivity index (χ1n) is 11.5. The van der Waals surface area contributed by atoms with Crippen molar-refractivity contribution in [2.75, 3.05) is 13.7 Å². The van der Waals surface area contributed by atoms with E-state index in [9.17, 15) is 9.59 Å². The van der Waals surface area contributed by atoms with Gasteiger partial charge in [-0.15, -0.1) is 11.3 Å². The van der Waals surface area contributed by atoms with Crippen LogP contribution in [0.3, 0.4) is 0 Å². The first kappa shape index (κ1) is 24.0. The van der Waals surface area contributed by atoms with E-state index in [1.807, 2.05) is 79.0 Å². The average Bonchev–Trinajstić information content (AvgIpc) is 3.45. The molecule has 8 heteroatoms. The van der Waals surface area contributed by atoms with Crippen LogP contribution in [-0.2, 0) is 9.53 Å². The molecule has 1 atom stereocenters. The zero-order valence-electron chi connectivity index (χ0n) is 20.1. The smallest absolute Gasteiger partial charge is 0.338 e. The minimum Gasteiger partial charge on any atom is -0.497 e. The molecule has 0 saturated heterocycles. The number of hydrogen-bond acceptors (Lipinski definition) is 7. The Kier molecular flexibility index (Phi) is 6.71. The molecule has 0 spiro atoms. The third-order valence-electron chi connectivity index (χ3n) is 5.95. The van der Waals surface area contributed by atoms with E-state index >= 15 is 0 Å². The summed E-state index contributed by atoms with van der Waals surface area (Å²) in [6, 6.07) is 18.2. The molecule has 2 aromatic carbocycles. The van der Waals surface area contributed by atoms with E-state index in [4.69, 9.17) is 14.5 Å². The van der Waals surface area contributed by atoms with E-state index in [0.717, 1.165) is 21.6 Å². The predicted octanol–water partition coefficient (Wildman–Crippen LogP) is 4.31. The van der Waals surface area contributed by atoms with E-state index in [2.05, 4.69) is 0 Å². The van der Waals surface area contributed by atoms with Crippen LogP contribution >= 0.6 is 22.7 Å². The number of thiazole rings is 1.